The van der Waals surface area contributed by atoms with Crippen LogP contribution in [0.5, 0.6) is 5.75 Å². The number of amides is 1. The number of carbonyl (C=O) groups excluding carboxylic acids is 1. The largest absolute Gasteiger partial charge is 0.573 e. The molecule has 134 valence electrons. The Morgan fingerprint density at radius 2 is 1.84 bits per heavy atom. The van der Waals surface area contributed by atoms with E-state index in [1.54, 1.807) is 6.92 Å². The molecule has 10 heteroatoms. The summed E-state index contributed by atoms with van der Waals surface area (Å²) in [7, 11) is -4.00. The lowest BCUT2D eigenvalue weighted by molar-refractivity contribution is -0.274. The van der Waals surface area contributed by atoms with Crippen molar-refractivity contribution in [2.75, 3.05) is 5.32 Å². The highest BCUT2D eigenvalue weighted by Gasteiger charge is 2.31. The molecule has 2 aromatic carbocycles. The molecule has 0 atom stereocenters. The molecule has 0 bridgehead atoms. The summed E-state index contributed by atoms with van der Waals surface area (Å²) in [5.74, 6) is -1.20. The normalized spacial score (nSPS) is 11.9. The summed E-state index contributed by atoms with van der Waals surface area (Å²) in [4.78, 5) is 12.0. The van der Waals surface area contributed by atoms with Crippen LogP contribution in [-0.2, 0) is 10.0 Å². The van der Waals surface area contributed by atoms with Gasteiger partial charge in [-0.15, -0.1) is 13.2 Å². The van der Waals surface area contributed by atoms with Gasteiger partial charge in [-0.05, 0) is 36.8 Å². The number of rotatable bonds is 4. The van der Waals surface area contributed by atoms with Crippen LogP contribution < -0.4 is 15.2 Å². The van der Waals surface area contributed by atoms with Crippen molar-refractivity contribution in [1.29, 1.82) is 0 Å². The van der Waals surface area contributed by atoms with Crippen LogP contribution in [0.1, 0.15) is 15.9 Å². The van der Waals surface area contributed by atoms with E-state index >= 15 is 0 Å². The molecule has 0 unspecified atom stereocenters. The van der Waals surface area contributed by atoms with E-state index in [0.29, 0.717) is 5.56 Å². The van der Waals surface area contributed by atoms with E-state index in [2.05, 4.69) is 10.1 Å². The van der Waals surface area contributed by atoms with Gasteiger partial charge in [0, 0.05) is 17.3 Å². The van der Waals surface area contributed by atoms with Crippen molar-refractivity contribution >= 4 is 21.6 Å². The molecule has 0 heterocycles. The highest BCUT2D eigenvalue weighted by Crippen LogP contribution is 2.25. The maximum absolute atomic E-state index is 12.3. The van der Waals surface area contributed by atoms with Crippen molar-refractivity contribution in [1.82, 2.24) is 0 Å². The van der Waals surface area contributed by atoms with E-state index in [0.717, 1.165) is 18.2 Å². The van der Waals surface area contributed by atoms with E-state index in [-0.39, 0.29) is 16.1 Å². The number of ether oxygens (including phenoxy) is 1. The van der Waals surface area contributed by atoms with Crippen molar-refractivity contribution in [3.8, 4) is 5.75 Å². The number of hydrogen-bond donors (Lipinski definition) is 2. The topological polar surface area (TPSA) is 98.5 Å². The van der Waals surface area contributed by atoms with Crippen LogP contribution in [0, 0.1) is 6.92 Å². The fraction of sp³-hybridized carbons (Fsp3) is 0.133. The van der Waals surface area contributed by atoms with Gasteiger partial charge in [0.15, 0.2) is 0 Å². The molecular formula is C15H13F3N2O4S. The Hall–Kier alpha value is -2.59. The molecule has 1 amide bonds. The highest BCUT2D eigenvalue weighted by molar-refractivity contribution is 7.89. The van der Waals surface area contributed by atoms with Crippen molar-refractivity contribution in [2.45, 2.75) is 18.2 Å². The molecule has 0 aliphatic heterocycles. The number of benzene rings is 2. The van der Waals surface area contributed by atoms with Crippen LogP contribution in [-0.4, -0.2) is 20.7 Å². The zero-order valence-electron chi connectivity index (χ0n) is 12.8. The van der Waals surface area contributed by atoms with Gasteiger partial charge in [-0.3, -0.25) is 4.79 Å². The molecule has 0 radical (unpaired) electrons. The Morgan fingerprint density at radius 3 is 2.44 bits per heavy atom. The number of sulfonamides is 1. The number of alkyl halides is 3. The zero-order chi connectivity index (χ0) is 18.8. The number of aryl methyl sites for hydroxylation is 1. The van der Waals surface area contributed by atoms with E-state index in [9.17, 15) is 26.4 Å². The molecule has 0 aromatic heterocycles. The van der Waals surface area contributed by atoms with Gasteiger partial charge in [-0.1, -0.05) is 12.1 Å². The second-order valence-corrected chi connectivity index (χ2v) is 6.61. The van der Waals surface area contributed by atoms with Crippen molar-refractivity contribution in [2.24, 2.45) is 5.14 Å². The van der Waals surface area contributed by atoms with Crippen LogP contribution in [0.2, 0.25) is 0 Å². The maximum atomic E-state index is 12.3. The minimum absolute atomic E-state index is 0.0219. The van der Waals surface area contributed by atoms with Crippen molar-refractivity contribution < 1.29 is 31.1 Å². The Morgan fingerprint density at radius 1 is 1.16 bits per heavy atom. The number of halogens is 3. The molecule has 0 spiro atoms. The quantitative estimate of drug-likeness (QED) is 0.860. The molecule has 2 rings (SSSR count). The lowest BCUT2D eigenvalue weighted by Gasteiger charge is -2.12. The van der Waals surface area contributed by atoms with E-state index in [1.807, 2.05) is 0 Å². The molecule has 3 N–H and O–H groups in total. The van der Waals surface area contributed by atoms with E-state index in [1.165, 1.54) is 24.3 Å². The van der Waals surface area contributed by atoms with Gasteiger partial charge in [0.05, 0.1) is 4.90 Å². The first-order valence-corrected chi connectivity index (χ1v) is 8.31. The Kier molecular flexibility index (Phi) is 5.04. The summed E-state index contributed by atoms with van der Waals surface area (Å²) < 4.78 is 63.2. The number of carbonyl (C=O) groups is 1. The third-order valence-corrected chi connectivity index (χ3v) is 4.02. The van der Waals surface area contributed by atoms with Crippen LogP contribution in [0.15, 0.2) is 47.4 Å². The summed E-state index contributed by atoms with van der Waals surface area (Å²) in [6.45, 7) is 1.57. The van der Waals surface area contributed by atoms with Gasteiger partial charge in [-0.2, -0.15) is 0 Å². The molecule has 0 aliphatic carbocycles. The third-order valence-electron chi connectivity index (χ3n) is 3.11. The highest BCUT2D eigenvalue weighted by atomic mass is 32.2. The summed E-state index contributed by atoms with van der Waals surface area (Å²) in [5, 5.41) is 7.41. The van der Waals surface area contributed by atoms with Crippen molar-refractivity contribution in [3.63, 3.8) is 0 Å². The van der Waals surface area contributed by atoms with Gasteiger partial charge in [0.1, 0.15) is 5.75 Å². The summed E-state index contributed by atoms with van der Waals surface area (Å²) in [6.07, 6.45) is -4.86. The van der Waals surface area contributed by atoms with Gasteiger partial charge in [0.2, 0.25) is 10.0 Å². The van der Waals surface area contributed by atoms with Crippen LogP contribution in [0.25, 0.3) is 0 Å². The molecule has 0 saturated heterocycles. The van der Waals surface area contributed by atoms with Gasteiger partial charge in [-0.25, -0.2) is 13.6 Å². The number of primary sulfonamides is 1. The monoisotopic (exact) mass is 374 g/mol. The van der Waals surface area contributed by atoms with Crippen molar-refractivity contribution in [3.05, 3.63) is 53.6 Å². The Labute approximate surface area is 141 Å². The first kappa shape index (κ1) is 18.7. The first-order chi connectivity index (χ1) is 11.5. The van der Waals surface area contributed by atoms with Crippen LogP contribution >= 0.6 is 0 Å². The minimum atomic E-state index is -4.86. The maximum Gasteiger partial charge on any atom is 0.573 e. The van der Waals surface area contributed by atoms with Crippen LogP contribution in [0.4, 0.5) is 18.9 Å². The molecule has 0 saturated carbocycles. The summed E-state index contributed by atoms with van der Waals surface area (Å²) in [6, 6.07) is 8.44. The first-order valence-electron chi connectivity index (χ1n) is 6.76. The molecule has 0 fully saturated rings. The second kappa shape index (κ2) is 6.73. The standard InChI is InChI=1S/C15H13F3N2O4S/c1-9-5-6-12(25(19,22)23)8-13(9)14(21)20-10-3-2-4-11(7-10)24-15(16,17)18/h2-8H,1H3,(H,20,21)(H2,19,22,23). The third kappa shape index (κ3) is 5.19. The molecule has 6 nitrogen and oxygen atoms in total. The van der Waals surface area contributed by atoms with Gasteiger partial charge >= 0.3 is 6.36 Å². The lowest BCUT2D eigenvalue weighted by Crippen LogP contribution is -2.18. The fourth-order valence-corrected chi connectivity index (χ4v) is 2.53. The fourth-order valence-electron chi connectivity index (χ4n) is 1.99. The molecule has 0 aliphatic rings. The molecule has 2 aromatic rings. The second-order valence-electron chi connectivity index (χ2n) is 5.05. The van der Waals surface area contributed by atoms with E-state index in [4.69, 9.17) is 5.14 Å². The average molecular weight is 374 g/mol. The predicted molar refractivity (Wildman–Crippen MR) is 83.6 cm³/mol. The predicted octanol–water partition coefficient (Wildman–Crippen LogP) is 2.79. The van der Waals surface area contributed by atoms with Gasteiger partial charge in [0.25, 0.3) is 5.91 Å². The number of hydrogen-bond acceptors (Lipinski definition) is 4. The smallest absolute Gasteiger partial charge is 0.406 e. The van der Waals surface area contributed by atoms with E-state index < -0.39 is 28.0 Å². The lowest BCUT2D eigenvalue weighted by atomic mass is 10.1. The number of anilines is 1. The Bertz CT molecular complexity index is 911. The number of nitrogens with one attached hydrogen (secondary N) is 1. The Balaban J connectivity index is 2.27. The summed E-state index contributed by atoms with van der Waals surface area (Å²) in [5.41, 5.74) is 0.536. The van der Waals surface area contributed by atoms with Crippen LogP contribution in [0.3, 0.4) is 0 Å². The SMILES string of the molecule is Cc1ccc(S(N)(=O)=O)cc1C(=O)Nc1cccc(OC(F)(F)F)c1. The summed E-state index contributed by atoms with van der Waals surface area (Å²) >= 11 is 0. The molecular weight excluding hydrogens is 361 g/mol. The minimum Gasteiger partial charge on any atom is -0.406 e. The van der Waals surface area contributed by atoms with Gasteiger partial charge < -0.3 is 10.1 Å². The zero-order valence-corrected chi connectivity index (χ0v) is 13.6. The average Bonchev–Trinajstić information content (AvgIpc) is 2.44. The number of nitrogens with two attached hydrogens (primary N) is 1. The molecule has 25 heavy (non-hydrogen) atoms.